The molecule has 0 saturated carbocycles. The SMILES string of the molecule is CC(C)(C)OC(=O)Cc1nc(-c2ccc(S(=O)(=O)N3CCOCC3)cc2)cs1. The van der Waals surface area contributed by atoms with E-state index in [1.54, 1.807) is 24.3 Å². The van der Waals surface area contributed by atoms with Crippen LogP contribution in [0.1, 0.15) is 25.8 Å². The van der Waals surface area contributed by atoms with Gasteiger partial charge in [0.2, 0.25) is 10.0 Å². The van der Waals surface area contributed by atoms with Crippen LogP contribution in [0.2, 0.25) is 0 Å². The van der Waals surface area contributed by atoms with Crippen molar-refractivity contribution < 1.29 is 22.7 Å². The van der Waals surface area contributed by atoms with E-state index in [-0.39, 0.29) is 17.3 Å². The molecule has 1 aromatic heterocycles. The first-order valence-electron chi connectivity index (χ1n) is 9.00. The molecule has 1 aromatic carbocycles. The number of hydrogen-bond donors (Lipinski definition) is 0. The third kappa shape index (κ3) is 5.16. The molecule has 152 valence electrons. The second-order valence-corrected chi connectivity index (χ2v) is 10.3. The minimum absolute atomic E-state index is 0.116. The topological polar surface area (TPSA) is 85.8 Å². The lowest BCUT2D eigenvalue weighted by Crippen LogP contribution is -2.40. The second-order valence-electron chi connectivity index (χ2n) is 7.43. The van der Waals surface area contributed by atoms with Gasteiger partial charge in [0.05, 0.1) is 30.2 Å². The monoisotopic (exact) mass is 424 g/mol. The zero-order valence-electron chi connectivity index (χ0n) is 16.2. The number of rotatable bonds is 5. The number of hydrogen-bond acceptors (Lipinski definition) is 7. The highest BCUT2D eigenvalue weighted by Gasteiger charge is 2.26. The Morgan fingerprint density at radius 3 is 2.46 bits per heavy atom. The molecule has 1 aliphatic rings. The Bertz CT molecular complexity index is 924. The third-order valence-electron chi connectivity index (χ3n) is 4.03. The van der Waals surface area contributed by atoms with E-state index in [9.17, 15) is 13.2 Å². The molecule has 0 aliphatic carbocycles. The predicted molar refractivity (Wildman–Crippen MR) is 107 cm³/mol. The number of ether oxygens (including phenoxy) is 2. The summed E-state index contributed by atoms with van der Waals surface area (Å²) < 4.78 is 37.3. The molecule has 2 aromatic rings. The summed E-state index contributed by atoms with van der Waals surface area (Å²) in [5.74, 6) is -0.319. The quantitative estimate of drug-likeness (QED) is 0.686. The number of carbonyl (C=O) groups excluding carboxylic acids is 1. The molecule has 1 aliphatic heterocycles. The highest BCUT2D eigenvalue weighted by Crippen LogP contribution is 2.25. The summed E-state index contributed by atoms with van der Waals surface area (Å²) in [6.45, 7) is 7.03. The zero-order chi connectivity index (χ0) is 20.4. The summed E-state index contributed by atoms with van der Waals surface area (Å²) in [5.41, 5.74) is 0.977. The number of thiazole rings is 1. The lowest BCUT2D eigenvalue weighted by Gasteiger charge is -2.26. The first kappa shape index (κ1) is 20.9. The maximum atomic E-state index is 12.7. The van der Waals surface area contributed by atoms with Gasteiger partial charge in [-0.2, -0.15) is 4.31 Å². The van der Waals surface area contributed by atoms with Crippen LogP contribution in [-0.4, -0.2) is 55.6 Å². The van der Waals surface area contributed by atoms with E-state index in [0.717, 1.165) is 5.56 Å². The van der Waals surface area contributed by atoms with Gasteiger partial charge in [0.25, 0.3) is 0 Å². The van der Waals surface area contributed by atoms with Gasteiger partial charge in [-0.3, -0.25) is 4.79 Å². The van der Waals surface area contributed by atoms with Gasteiger partial charge in [-0.05, 0) is 32.9 Å². The molecule has 0 radical (unpaired) electrons. The number of sulfonamides is 1. The van der Waals surface area contributed by atoms with E-state index in [4.69, 9.17) is 9.47 Å². The van der Waals surface area contributed by atoms with Crippen molar-refractivity contribution in [2.45, 2.75) is 37.7 Å². The first-order chi connectivity index (χ1) is 13.1. The van der Waals surface area contributed by atoms with E-state index in [1.165, 1.54) is 15.6 Å². The Morgan fingerprint density at radius 1 is 1.21 bits per heavy atom. The van der Waals surface area contributed by atoms with Crippen molar-refractivity contribution in [3.05, 3.63) is 34.7 Å². The molecule has 1 fully saturated rings. The standard InChI is InChI=1S/C19H24N2O5S2/c1-19(2,3)26-18(22)12-17-20-16(13-27-17)14-4-6-15(7-5-14)28(23,24)21-8-10-25-11-9-21/h4-7,13H,8-12H2,1-3H3. The Morgan fingerprint density at radius 2 is 1.86 bits per heavy atom. The Balaban J connectivity index is 1.70. The maximum Gasteiger partial charge on any atom is 0.313 e. The van der Waals surface area contributed by atoms with Gasteiger partial charge in [0, 0.05) is 24.0 Å². The largest absolute Gasteiger partial charge is 0.460 e. The average molecular weight is 425 g/mol. The minimum Gasteiger partial charge on any atom is -0.460 e. The summed E-state index contributed by atoms with van der Waals surface area (Å²) in [4.78, 5) is 16.7. The van der Waals surface area contributed by atoms with Crippen molar-refractivity contribution in [3.8, 4) is 11.3 Å². The number of benzene rings is 1. The summed E-state index contributed by atoms with van der Waals surface area (Å²) in [5, 5.41) is 2.51. The minimum atomic E-state index is -3.51. The van der Waals surface area contributed by atoms with Crippen LogP contribution in [0.5, 0.6) is 0 Å². The van der Waals surface area contributed by atoms with Gasteiger partial charge >= 0.3 is 5.97 Å². The van der Waals surface area contributed by atoms with Crippen molar-refractivity contribution >= 4 is 27.3 Å². The van der Waals surface area contributed by atoms with E-state index in [1.807, 2.05) is 26.2 Å². The van der Waals surface area contributed by atoms with E-state index in [2.05, 4.69) is 4.98 Å². The Kier molecular flexibility index (Phi) is 6.18. The van der Waals surface area contributed by atoms with Crippen molar-refractivity contribution in [3.63, 3.8) is 0 Å². The van der Waals surface area contributed by atoms with E-state index >= 15 is 0 Å². The van der Waals surface area contributed by atoms with Crippen LogP contribution in [0.25, 0.3) is 11.3 Å². The van der Waals surface area contributed by atoms with Gasteiger partial charge in [-0.1, -0.05) is 12.1 Å². The number of morpholine rings is 1. The maximum absolute atomic E-state index is 12.7. The fraction of sp³-hybridized carbons (Fsp3) is 0.474. The summed E-state index contributed by atoms with van der Waals surface area (Å²) in [6, 6.07) is 6.65. The molecule has 7 nitrogen and oxygen atoms in total. The predicted octanol–water partition coefficient (Wildman–Crippen LogP) is 2.72. The molecule has 0 N–H and O–H groups in total. The summed E-state index contributed by atoms with van der Waals surface area (Å²) >= 11 is 1.38. The third-order valence-corrected chi connectivity index (χ3v) is 6.79. The van der Waals surface area contributed by atoms with Crippen LogP contribution >= 0.6 is 11.3 Å². The van der Waals surface area contributed by atoms with Gasteiger partial charge in [0.15, 0.2) is 0 Å². The Hall–Kier alpha value is -1.81. The lowest BCUT2D eigenvalue weighted by molar-refractivity contribution is -0.153. The summed E-state index contributed by atoms with van der Waals surface area (Å²) in [6.07, 6.45) is 0.116. The highest BCUT2D eigenvalue weighted by atomic mass is 32.2. The van der Waals surface area contributed by atoms with Gasteiger partial charge in [0.1, 0.15) is 10.6 Å². The van der Waals surface area contributed by atoms with E-state index < -0.39 is 15.6 Å². The molecular weight excluding hydrogens is 400 g/mol. The molecule has 0 amide bonds. The van der Waals surface area contributed by atoms with Crippen LogP contribution in [0, 0.1) is 0 Å². The van der Waals surface area contributed by atoms with Gasteiger partial charge < -0.3 is 9.47 Å². The molecule has 0 unspecified atom stereocenters. The first-order valence-corrected chi connectivity index (χ1v) is 11.3. The fourth-order valence-electron chi connectivity index (χ4n) is 2.76. The molecule has 9 heteroatoms. The normalized spacial score (nSPS) is 16.1. The van der Waals surface area contributed by atoms with Crippen LogP contribution in [0.15, 0.2) is 34.5 Å². The molecule has 0 spiro atoms. The molecule has 3 rings (SSSR count). The smallest absolute Gasteiger partial charge is 0.313 e. The van der Waals surface area contributed by atoms with Crippen molar-refractivity contribution in [1.82, 2.24) is 9.29 Å². The van der Waals surface area contributed by atoms with Crippen LogP contribution in [0.3, 0.4) is 0 Å². The van der Waals surface area contributed by atoms with Crippen LogP contribution in [0.4, 0.5) is 0 Å². The van der Waals surface area contributed by atoms with E-state index in [0.29, 0.717) is 37.0 Å². The van der Waals surface area contributed by atoms with Gasteiger partial charge in [-0.25, -0.2) is 13.4 Å². The molecule has 0 bridgehead atoms. The molecular formula is C19H24N2O5S2. The highest BCUT2D eigenvalue weighted by molar-refractivity contribution is 7.89. The molecule has 1 saturated heterocycles. The van der Waals surface area contributed by atoms with Crippen LogP contribution in [-0.2, 0) is 30.7 Å². The second kappa shape index (κ2) is 8.28. The number of aromatic nitrogens is 1. The van der Waals surface area contributed by atoms with Crippen molar-refractivity contribution in [2.24, 2.45) is 0 Å². The van der Waals surface area contributed by atoms with Gasteiger partial charge in [-0.15, -0.1) is 11.3 Å². The number of esters is 1. The number of carbonyl (C=O) groups is 1. The van der Waals surface area contributed by atoms with Crippen LogP contribution < -0.4 is 0 Å². The fourth-order valence-corrected chi connectivity index (χ4v) is 4.96. The average Bonchev–Trinajstić information content (AvgIpc) is 3.09. The number of nitrogens with zero attached hydrogens (tertiary/aromatic N) is 2. The zero-order valence-corrected chi connectivity index (χ0v) is 17.8. The van der Waals surface area contributed by atoms with Crippen molar-refractivity contribution in [2.75, 3.05) is 26.3 Å². The van der Waals surface area contributed by atoms with Crippen molar-refractivity contribution in [1.29, 1.82) is 0 Å². The summed E-state index contributed by atoms with van der Waals surface area (Å²) in [7, 11) is -3.51. The Labute approximate surface area is 169 Å². The molecule has 28 heavy (non-hydrogen) atoms. The molecule has 0 atom stereocenters. The lowest BCUT2D eigenvalue weighted by atomic mass is 10.2. The molecule has 2 heterocycles.